The Labute approximate surface area is 131 Å². The highest BCUT2D eigenvalue weighted by atomic mass is 32.1. The predicted molar refractivity (Wildman–Crippen MR) is 88.9 cm³/mol. The van der Waals surface area contributed by atoms with Gasteiger partial charge in [-0.3, -0.25) is 9.80 Å². The third-order valence-electron chi connectivity index (χ3n) is 4.05. The molecule has 2 rings (SSSR count). The molecule has 0 saturated carbocycles. The van der Waals surface area contributed by atoms with Crippen LogP contribution >= 0.6 is 12.2 Å². The second-order valence-electron chi connectivity index (χ2n) is 6.60. The molecule has 0 unspecified atom stereocenters. The normalized spacial score (nSPS) is 17.9. The Hall–Kier alpha value is -1.04. The van der Waals surface area contributed by atoms with Gasteiger partial charge < -0.3 is 5.73 Å². The van der Waals surface area contributed by atoms with Crippen LogP contribution in [-0.2, 0) is 6.54 Å². The highest BCUT2D eigenvalue weighted by Crippen LogP contribution is 2.19. The standard InChI is InChI=1S/C16H24FN3S/c1-16(2,3)20-8-6-19(7-9-20)11-12-10-13(17)4-5-14(12)15(18)21/h4-5,10H,6-9,11H2,1-3H3,(H2,18,21). The van der Waals surface area contributed by atoms with E-state index in [1.54, 1.807) is 12.1 Å². The summed E-state index contributed by atoms with van der Waals surface area (Å²) in [7, 11) is 0. The zero-order valence-electron chi connectivity index (χ0n) is 13.0. The van der Waals surface area contributed by atoms with Gasteiger partial charge in [0.05, 0.1) is 0 Å². The van der Waals surface area contributed by atoms with Crippen LogP contribution in [0.15, 0.2) is 18.2 Å². The van der Waals surface area contributed by atoms with Gasteiger partial charge in [-0.2, -0.15) is 0 Å². The highest BCUT2D eigenvalue weighted by Gasteiger charge is 2.26. The Balaban J connectivity index is 2.04. The number of hydrogen-bond acceptors (Lipinski definition) is 3. The minimum atomic E-state index is -0.238. The van der Waals surface area contributed by atoms with Crippen LogP contribution in [0, 0.1) is 5.82 Å². The summed E-state index contributed by atoms with van der Waals surface area (Å²) < 4.78 is 13.5. The van der Waals surface area contributed by atoms with Crippen LogP contribution in [0.4, 0.5) is 4.39 Å². The molecule has 0 aliphatic carbocycles. The molecule has 1 aliphatic heterocycles. The first-order valence-electron chi connectivity index (χ1n) is 7.33. The summed E-state index contributed by atoms with van der Waals surface area (Å²) in [6.45, 7) is 11.4. The van der Waals surface area contributed by atoms with Gasteiger partial charge in [-0.1, -0.05) is 12.2 Å². The molecule has 0 spiro atoms. The number of thiocarbonyl (C=S) groups is 1. The Bertz CT molecular complexity index is 517. The van der Waals surface area contributed by atoms with Crippen molar-refractivity contribution in [1.82, 2.24) is 9.80 Å². The second-order valence-corrected chi connectivity index (χ2v) is 7.04. The van der Waals surface area contributed by atoms with Gasteiger partial charge >= 0.3 is 0 Å². The molecule has 1 aliphatic rings. The molecular formula is C16H24FN3S. The average molecular weight is 309 g/mol. The monoisotopic (exact) mass is 309 g/mol. The quantitative estimate of drug-likeness (QED) is 0.869. The minimum absolute atomic E-state index is 0.203. The number of piperazine rings is 1. The molecule has 0 atom stereocenters. The van der Waals surface area contributed by atoms with E-state index in [1.807, 2.05) is 0 Å². The van der Waals surface area contributed by atoms with E-state index in [-0.39, 0.29) is 11.4 Å². The number of rotatable bonds is 3. The van der Waals surface area contributed by atoms with E-state index < -0.39 is 0 Å². The summed E-state index contributed by atoms with van der Waals surface area (Å²) in [6, 6.07) is 4.64. The van der Waals surface area contributed by atoms with Gasteiger partial charge in [0.1, 0.15) is 10.8 Å². The molecule has 0 radical (unpaired) electrons. The van der Waals surface area contributed by atoms with Gasteiger partial charge in [0.2, 0.25) is 0 Å². The summed E-state index contributed by atoms with van der Waals surface area (Å²) in [5.41, 5.74) is 7.60. The van der Waals surface area contributed by atoms with Crippen molar-refractivity contribution in [2.45, 2.75) is 32.9 Å². The molecule has 0 aromatic heterocycles. The lowest BCUT2D eigenvalue weighted by atomic mass is 10.0. The molecule has 0 bridgehead atoms. The van der Waals surface area contributed by atoms with Crippen LogP contribution in [0.2, 0.25) is 0 Å². The minimum Gasteiger partial charge on any atom is -0.389 e. The van der Waals surface area contributed by atoms with E-state index >= 15 is 0 Å². The first-order valence-corrected chi connectivity index (χ1v) is 7.74. The van der Waals surface area contributed by atoms with E-state index in [9.17, 15) is 4.39 Å². The van der Waals surface area contributed by atoms with Gasteiger partial charge in [0.15, 0.2) is 0 Å². The van der Waals surface area contributed by atoms with Crippen molar-refractivity contribution in [2.24, 2.45) is 5.73 Å². The number of nitrogens with two attached hydrogens (primary N) is 1. The van der Waals surface area contributed by atoms with E-state index in [0.717, 1.165) is 37.3 Å². The molecular weight excluding hydrogens is 285 g/mol. The maximum atomic E-state index is 13.5. The van der Waals surface area contributed by atoms with Crippen molar-refractivity contribution in [3.63, 3.8) is 0 Å². The Morgan fingerprint density at radius 1 is 1.24 bits per heavy atom. The zero-order chi connectivity index (χ0) is 15.6. The van der Waals surface area contributed by atoms with Crippen LogP contribution in [0.5, 0.6) is 0 Å². The van der Waals surface area contributed by atoms with Gasteiger partial charge in [-0.05, 0) is 44.5 Å². The number of hydrogen-bond donors (Lipinski definition) is 1. The Kier molecular flexibility index (Phi) is 4.96. The van der Waals surface area contributed by atoms with Crippen molar-refractivity contribution in [3.8, 4) is 0 Å². The fourth-order valence-electron chi connectivity index (χ4n) is 2.75. The average Bonchev–Trinajstić information content (AvgIpc) is 2.38. The molecule has 21 heavy (non-hydrogen) atoms. The molecule has 1 saturated heterocycles. The van der Waals surface area contributed by atoms with E-state index in [2.05, 4.69) is 30.6 Å². The Morgan fingerprint density at radius 3 is 2.38 bits per heavy atom. The molecule has 0 amide bonds. The SMILES string of the molecule is CC(C)(C)N1CCN(Cc2cc(F)ccc2C(N)=S)CC1. The van der Waals surface area contributed by atoms with Gasteiger partial charge in [0, 0.05) is 43.8 Å². The lowest BCUT2D eigenvalue weighted by Gasteiger charge is -2.42. The Morgan fingerprint density at radius 2 is 1.86 bits per heavy atom. The molecule has 116 valence electrons. The van der Waals surface area contributed by atoms with Crippen molar-refractivity contribution >= 4 is 17.2 Å². The topological polar surface area (TPSA) is 32.5 Å². The van der Waals surface area contributed by atoms with Crippen molar-refractivity contribution in [1.29, 1.82) is 0 Å². The van der Waals surface area contributed by atoms with E-state index in [0.29, 0.717) is 11.5 Å². The van der Waals surface area contributed by atoms with Crippen molar-refractivity contribution < 1.29 is 4.39 Å². The smallest absolute Gasteiger partial charge is 0.123 e. The lowest BCUT2D eigenvalue weighted by molar-refractivity contribution is 0.0590. The highest BCUT2D eigenvalue weighted by molar-refractivity contribution is 7.80. The fraction of sp³-hybridized carbons (Fsp3) is 0.562. The van der Waals surface area contributed by atoms with E-state index in [1.165, 1.54) is 6.07 Å². The van der Waals surface area contributed by atoms with Crippen molar-refractivity contribution in [3.05, 3.63) is 35.1 Å². The van der Waals surface area contributed by atoms with Crippen LogP contribution in [0.25, 0.3) is 0 Å². The van der Waals surface area contributed by atoms with Crippen LogP contribution in [0.3, 0.4) is 0 Å². The lowest BCUT2D eigenvalue weighted by Crippen LogP contribution is -2.53. The molecule has 1 heterocycles. The van der Waals surface area contributed by atoms with Gasteiger partial charge in [0.25, 0.3) is 0 Å². The maximum absolute atomic E-state index is 13.5. The second kappa shape index (κ2) is 6.38. The fourth-order valence-corrected chi connectivity index (χ4v) is 2.95. The molecule has 5 heteroatoms. The summed E-state index contributed by atoms with van der Waals surface area (Å²) in [6.07, 6.45) is 0. The van der Waals surface area contributed by atoms with Crippen LogP contribution in [-0.4, -0.2) is 46.5 Å². The number of nitrogens with zero attached hydrogens (tertiary/aromatic N) is 2. The van der Waals surface area contributed by atoms with Crippen LogP contribution < -0.4 is 5.73 Å². The first-order chi connectivity index (χ1) is 9.77. The third-order valence-corrected chi connectivity index (χ3v) is 4.27. The molecule has 1 aromatic carbocycles. The largest absolute Gasteiger partial charge is 0.389 e. The summed E-state index contributed by atoms with van der Waals surface area (Å²) >= 11 is 5.06. The first kappa shape index (κ1) is 16.3. The molecule has 2 N–H and O–H groups in total. The summed E-state index contributed by atoms with van der Waals surface area (Å²) in [5, 5.41) is 0. The third kappa shape index (κ3) is 4.22. The zero-order valence-corrected chi connectivity index (χ0v) is 13.8. The van der Waals surface area contributed by atoms with Gasteiger partial charge in [-0.15, -0.1) is 0 Å². The summed E-state index contributed by atoms with van der Waals surface area (Å²) in [5.74, 6) is -0.238. The predicted octanol–water partition coefficient (Wildman–Crippen LogP) is 2.38. The van der Waals surface area contributed by atoms with Crippen molar-refractivity contribution in [2.75, 3.05) is 26.2 Å². The number of benzene rings is 1. The maximum Gasteiger partial charge on any atom is 0.123 e. The molecule has 1 fully saturated rings. The molecule has 1 aromatic rings. The van der Waals surface area contributed by atoms with E-state index in [4.69, 9.17) is 18.0 Å². The van der Waals surface area contributed by atoms with Gasteiger partial charge in [-0.25, -0.2) is 4.39 Å². The van der Waals surface area contributed by atoms with Crippen LogP contribution in [0.1, 0.15) is 31.9 Å². The number of halogens is 1. The summed E-state index contributed by atoms with van der Waals surface area (Å²) in [4.78, 5) is 5.14. The molecule has 3 nitrogen and oxygen atoms in total.